The lowest BCUT2D eigenvalue weighted by Crippen LogP contribution is -2.29. The number of nitrogens with zero attached hydrogens (tertiary/aromatic N) is 1. The van der Waals surface area contributed by atoms with Gasteiger partial charge in [-0.15, -0.1) is 0 Å². The summed E-state index contributed by atoms with van der Waals surface area (Å²) >= 11 is 0. The molecule has 6 nitrogen and oxygen atoms in total. The molecule has 0 saturated heterocycles. The van der Waals surface area contributed by atoms with Crippen LogP contribution in [0, 0.1) is 6.92 Å². The van der Waals surface area contributed by atoms with Gasteiger partial charge in [0, 0.05) is 13.1 Å². The molecule has 0 bridgehead atoms. The number of benzene rings is 2. The molecular formula is C20H20N4O2. The molecule has 3 aromatic rings. The number of aryl methyl sites for hydroxylation is 1. The molecule has 2 amide bonds. The Kier molecular flexibility index (Phi) is 5.43. The van der Waals surface area contributed by atoms with Gasteiger partial charge in [0.2, 0.25) is 0 Å². The molecule has 0 fully saturated rings. The topological polar surface area (TPSA) is 86.9 Å². The zero-order valence-corrected chi connectivity index (χ0v) is 14.5. The maximum absolute atomic E-state index is 12.4. The van der Waals surface area contributed by atoms with Crippen molar-refractivity contribution in [1.82, 2.24) is 20.6 Å². The summed E-state index contributed by atoms with van der Waals surface area (Å²) in [5.41, 5.74) is 3.36. The summed E-state index contributed by atoms with van der Waals surface area (Å²) < 4.78 is 0. The Morgan fingerprint density at radius 2 is 1.50 bits per heavy atom. The molecule has 0 unspecified atom stereocenters. The van der Waals surface area contributed by atoms with Crippen LogP contribution in [0.25, 0.3) is 0 Å². The van der Waals surface area contributed by atoms with E-state index in [0.29, 0.717) is 13.1 Å². The summed E-state index contributed by atoms with van der Waals surface area (Å²) in [5.74, 6) is -0.761. The van der Waals surface area contributed by atoms with E-state index in [9.17, 15) is 9.59 Å². The van der Waals surface area contributed by atoms with Crippen LogP contribution in [0.5, 0.6) is 0 Å². The first-order valence-electron chi connectivity index (χ1n) is 8.32. The lowest BCUT2D eigenvalue weighted by Gasteiger charge is -2.07. The van der Waals surface area contributed by atoms with Crippen molar-refractivity contribution >= 4 is 11.8 Å². The highest BCUT2D eigenvalue weighted by atomic mass is 16.2. The molecule has 1 aromatic heterocycles. The van der Waals surface area contributed by atoms with Gasteiger partial charge in [0.05, 0.1) is 6.33 Å². The maximum Gasteiger partial charge on any atom is 0.272 e. The largest absolute Gasteiger partial charge is 0.347 e. The number of carbonyl (C=O) groups excluding carboxylic acids is 2. The fourth-order valence-electron chi connectivity index (χ4n) is 2.48. The molecule has 2 aromatic carbocycles. The van der Waals surface area contributed by atoms with Crippen molar-refractivity contribution in [1.29, 1.82) is 0 Å². The first kappa shape index (κ1) is 17.4. The second-order valence-electron chi connectivity index (χ2n) is 5.96. The zero-order chi connectivity index (χ0) is 18.4. The predicted molar refractivity (Wildman–Crippen MR) is 98.5 cm³/mol. The number of nitrogens with one attached hydrogen (secondary N) is 3. The Balaban J connectivity index is 1.60. The van der Waals surface area contributed by atoms with Crippen LogP contribution in [0.2, 0.25) is 0 Å². The Bertz CT molecular complexity index is 886. The van der Waals surface area contributed by atoms with E-state index in [2.05, 4.69) is 20.6 Å². The van der Waals surface area contributed by atoms with Crippen molar-refractivity contribution in [2.45, 2.75) is 20.0 Å². The monoisotopic (exact) mass is 348 g/mol. The Morgan fingerprint density at radius 1 is 0.885 bits per heavy atom. The molecule has 0 radical (unpaired) electrons. The fourth-order valence-corrected chi connectivity index (χ4v) is 2.48. The molecule has 3 rings (SSSR count). The van der Waals surface area contributed by atoms with Crippen LogP contribution in [0.1, 0.15) is 37.7 Å². The fraction of sp³-hybridized carbons (Fsp3) is 0.150. The van der Waals surface area contributed by atoms with Crippen LogP contribution in [0.3, 0.4) is 0 Å². The molecule has 0 spiro atoms. The molecule has 6 heteroatoms. The maximum atomic E-state index is 12.4. The number of hydrogen-bond donors (Lipinski definition) is 3. The van der Waals surface area contributed by atoms with Crippen LogP contribution in [0.4, 0.5) is 0 Å². The lowest BCUT2D eigenvalue weighted by molar-refractivity contribution is 0.0911. The van der Waals surface area contributed by atoms with Gasteiger partial charge in [-0.1, -0.05) is 60.2 Å². The summed E-state index contributed by atoms with van der Waals surface area (Å²) in [7, 11) is 0. The van der Waals surface area contributed by atoms with Gasteiger partial charge >= 0.3 is 0 Å². The van der Waals surface area contributed by atoms with Crippen LogP contribution >= 0.6 is 0 Å². The van der Waals surface area contributed by atoms with Crippen molar-refractivity contribution in [3.63, 3.8) is 0 Å². The highest BCUT2D eigenvalue weighted by molar-refractivity contribution is 6.04. The Hall–Kier alpha value is -3.41. The minimum Gasteiger partial charge on any atom is -0.347 e. The van der Waals surface area contributed by atoms with Gasteiger partial charge in [-0.25, -0.2) is 4.98 Å². The quantitative estimate of drug-likeness (QED) is 0.640. The number of carbonyl (C=O) groups is 2. The van der Waals surface area contributed by atoms with Crippen molar-refractivity contribution < 1.29 is 9.59 Å². The van der Waals surface area contributed by atoms with E-state index >= 15 is 0 Å². The van der Waals surface area contributed by atoms with Crippen LogP contribution < -0.4 is 10.6 Å². The summed E-state index contributed by atoms with van der Waals surface area (Å²) in [5, 5.41) is 5.57. The van der Waals surface area contributed by atoms with Gasteiger partial charge in [-0.3, -0.25) is 9.59 Å². The van der Waals surface area contributed by atoms with Gasteiger partial charge < -0.3 is 15.6 Å². The van der Waals surface area contributed by atoms with Gasteiger partial charge in [0.25, 0.3) is 11.8 Å². The minimum atomic E-state index is -0.392. The molecule has 1 heterocycles. The van der Waals surface area contributed by atoms with Crippen molar-refractivity contribution in [3.8, 4) is 0 Å². The molecule has 0 aliphatic carbocycles. The van der Waals surface area contributed by atoms with E-state index in [-0.39, 0.29) is 17.3 Å². The number of imidazole rings is 1. The SMILES string of the molecule is Cc1ccc(CNC(=O)c2nc[nH]c2C(=O)NCc2ccccc2)cc1. The van der Waals surface area contributed by atoms with E-state index in [1.165, 1.54) is 6.33 Å². The van der Waals surface area contributed by atoms with E-state index < -0.39 is 5.91 Å². The van der Waals surface area contributed by atoms with Crippen molar-refractivity contribution in [2.24, 2.45) is 0 Å². The van der Waals surface area contributed by atoms with Gasteiger partial charge in [0.15, 0.2) is 5.69 Å². The first-order chi connectivity index (χ1) is 12.6. The predicted octanol–water partition coefficient (Wildman–Crippen LogP) is 2.58. The number of aromatic nitrogens is 2. The molecule has 0 saturated carbocycles. The second kappa shape index (κ2) is 8.11. The smallest absolute Gasteiger partial charge is 0.272 e. The number of hydrogen-bond acceptors (Lipinski definition) is 3. The zero-order valence-electron chi connectivity index (χ0n) is 14.5. The molecule has 0 aliphatic heterocycles. The Labute approximate surface area is 151 Å². The summed E-state index contributed by atoms with van der Waals surface area (Å²) in [6.45, 7) is 2.76. The molecular weight excluding hydrogens is 328 g/mol. The number of rotatable bonds is 6. The normalized spacial score (nSPS) is 10.3. The average molecular weight is 348 g/mol. The third kappa shape index (κ3) is 4.36. The van der Waals surface area contributed by atoms with Crippen molar-refractivity contribution in [3.05, 3.63) is 89.0 Å². The summed E-state index contributed by atoms with van der Waals surface area (Å²) in [6, 6.07) is 17.4. The summed E-state index contributed by atoms with van der Waals surface area (Å²) in [4.78, 5) is 31.5. The number of amides is 2. The van der Waals surface area contributed by atoms with E-state index in [4.69, 9.17) is 0 Å². The van der Waals surface area contributed by atoms with Crippen LogP contribution in [-0.2, 0) is 13.1 Å². The van der Waals surface area contributed by atoms with E-state index in [1.807, 2.05) is 61.5 Å². The van der Waals surface area contributed by atoms with E-state index in [0.717, 1.165) is 16.7 Å². The van der Waals surface area contributed by atoms with Crippen LogP contribution in [0.15, 0.2) is 60.9 Å². The lowest BCUT2D eigenvalue weighted by atomic mass is 10.1. The minimum absolute atomic E-state index is 0.0858. The third-order valence-corrected chi connectivity index (χ3v) is 3.95. The number of H-pyrrole nitrogens is 1. The Morgan fingerprint density at radius 3 is 2.19 bits per heavy atom. The third-order valence-electron chi connectivity index (χ3n) is 3.95. The van der Waals surface area contributed by atoms with Crippen LogP contribution in [-0.4, -0.2) is 21.8 Å². The number of aromatic amines is 1. The van der Waals surface area contributed by atoms with E-state index in [1.54, 1.807) is 0 Å². The molecule has 132 valence electrons. The first-order valence-corrected chi connectivity index (χ1v) is 8.32. The molecule has 3 N–H and O–H groups in total. The standard InChI is InChI=1S/C20H20N4O2/c1-14-7-9-16(10-8-14)12-22-20(26)18-17(23-13-24-18)19(25)21-11-15-5-3-2-4-6-15/h2-10,13H,11-12H2,1H3,(H,21,25)(H,22,26)(H,23,24). The van der Waals surface area contributed by atoms with Gasteiger partial charge in [-0.2, -0.15) is 0 Å². The molecule has 26 heavy (non-hydrogen) atoms. The summed E-state index contributed by atoms with van der Waals surface area (Å²) in [6.07, 6.45) is 1.35. The van der Waals surface area contributed by atoms with Gasteiger partial charge in [-0.05, 0) is 18.1 Å². The average Bonchev–Trinajstić information content (AvgIpc) is 3.16. The molecule has 0 atom stereocenters. The molecule has 0 aliphatic rings. The second-order valence-corrected chi connectivity index (χ2v) is 5.96. The highest BCUT2D eigenvalue weighted by Gasteiger charge is 2.19. The highest BCUT2D eigenvalue weighted by Crippen LogP contribution is 2.06. The van der Waals surface area contributed by atoms with Crippen molar-refractivity contribution in [2.75, 3.05) is 0 Å². The van der Waals surface area contributed by atoms with Gasteiger partial charge in [0.1, 0.15) is 5.69 Å².